The van der Waals surface area contributed by atoms with Crippen LogP contribution in [0.5, 0.6) is 0 Å². The molecule has 30 heavy (non-hydrogen) atoms. The summed E-state index contributed by atoms with van der Waals surface area (Å²) in [5.74, 6) is 0.341. The van der Waals surface area contributed by atoms with Crippen molar-refractivity contribution in [3.8, 4) is 0 Å². The average molecular weight is 409 g/mol. The highest BCUT2D eigenvalue weighted by molar-refractivity contribution is 5.95. The van der Waals surface area contributed by atoms with Gasteiger partial charge < -0.3 is 11.1 Å². The molecule has 0 fully saturated rings. The molecule has 3 N–H and O–H groups in total. The predicted molar refractivity (Wildman–Crippen MR) is 130 cm³/mol. The number of primary amides is 1. The van der Waals surface area contributed by atoms with Crippen molar-refractivity contribution in [1.29, 1.82) is 0 Å². The Balaban J connectivity index is 2.43. The van der Waals surface area contributed by atoms with E-state index in [0.29, 0.717) is 11.5 Å². The summed E-state index contributed by atoms with van der Waals surface area (Å²) in [4.78, 5) is 12.1. The van der Waals surface area contributed by atoms with Gasteiger partial charge in [-0.1, -0.05) is 86.6 Å². The molecule has 3 nitrogen and oxygen atoms in total. The first-order valence-corrected chi connectivity index (χ1v) is 11.1. The van der Waals surface area contributed by atoms with Crippen molar-refractivity contribution < 1.29 is 4.79 Å². The van der Waals surface area contributed by atoms with Gasteiger partial charge in [-0.15, -0.1) is 0 Å². The Hall–Kier alpha value is -2.29. The summed E-state index contributed by atoms with van der Waals surface area (Å²) >= 11 is 0. The van der Waals surface area contributed by atoms with Crippen LogP contribution < -0.4 is 11.1 Å². The van der Waals surface area contributed by atoms with Crippen LogP contribution in [0.2, 0.25) is 0 Å². The van der Waals surface area contributed by atoms with Gasteiger partial charge in [-0.2, -0.15) is 0 Å². The lowest BCUT2D eigenvalue weighted by Gasteiger charge is -2.30. The zero-order valence-electron chi connectivity index (χ0n) is 20.3. The Labute approximate surface area is 183 Å². The minimum atomic E-state index is -0.360. The fourth-order valence-electron chi connectivity index (χ4n) is 4.43. The molecule has 3 heteroatoms. The van der Waals surface area contributed by atoms with Gasteiger partial charge in [0.25, 0.3) is 0 Å². The zero-order valence-corrected chi connectivity index (χ0v) is 20.3. The zero-order chi connectivity index (χ0) is 22.9. The molecule has 0 aliphatic heterocycles. The van der Waals surface area contributed by atoms with Crippen LogP contribution in [0.15, 0.2) is 36.4 Å². The van der Waals surface area contributed by atoms with E-state index in [1.807, 2.05) is 12.1 Å². The largest absolute Gasteiger partial charge is 0.384 e. The third-order valence-corrected chi connectivity index (χ3v) is 5.71. The first kappa shape index (κ1) is 24.0. The SMILES string of the molecule is CC(C)c1cccc(NCC(C)c2cccc(C(N)=O)c2C(C)(C)C)c1C(C)(C)C. The van der Waals surface area contributed by atoms with Crippen LogP contribution in [-0.4, -0.2) is 12.5 Å². The second kappa shape index (κ2) is 8.83. The van der Waals surface area contributed by atoms with Crippen molar-refractivity contribution in [1.82, 2.24) is 0 Å². The van der Waals surface area contributed by atoms with Crippen LogP contribution >= 0.6 is 0 Å². The van der Waals surface area contributed by atoms with Crippen LogP contribution in [0.3, 0.4) is 0 Å². The van der Waals surface area contributed by atoms with Gasteiger partial charge in [0, 0.05) is 17.8 Å². The third kappa shape index (κ3) is 5.24. The highest BCUT2D eigenvalue weighted by atomic mass is 16.1. The monoisotopic (exact) mass is 408 g/mol. The number of carbonyl (C=O) groups excluding carboxylic acids is 1. The van der Waals surface area contributed by atoms with Crippen LogP contribution in [0, 0.1) is 0 Å². The van der Waals surface area contributed by atoms with Gasteiger partial charge in [0.05, 0.1) is 0 Å². The maximum Gasteiger partial charge on any atom is 0.249 e. The van der Waals surface area contributed by atoms with Gasteiger partial charge in [-0.3, -0.25) is 4.79 Å². The lowest BCUT2D eigenvalue weighted by molar-refractivity contribution is 0.0998. The van der Waals surface area contributed by atoms with Crippen molar-refractivity contribution >= 4 is 11.6 Å². The second-order valence-electron chi connectivity index (χ2n) is 10.8. The third-order valence-electron chi connectivity index (χ3n) is 5.71. The molecule has 2 aromatic rings. The Bertz CT molecular complexity index is 898. The molecule has 0 spiro atoms. The lowest BCUT2D eigenvalue weighted by Crippen LogP contribution is -2.25. The molecule has 0 aliphatic carbocycles. The summed E-state index contributed by atoms with van der Waals surface area (Å²) in [6.45, 7) is 20.8. The van der Waals surface area contributed by atoms with E-state index in [9.17, 15) is 4.79 Å². The van der Waals surface area contributed by atoms with Crippen molar-refractivity contribution in [2.24, 2.45) is 5.73 Å². The van der Waals surface area contributed by atoms with E-state index in [2.05, 4.69) is 91.9 Å². The van der Waals surface area contributed by atoms with E-state index in [1.54, 1.807) is 0 Å². The van der Waals surface area contributed by atoms with Crippen molar-refractivity contribution in [2.45, 2.75) is 85.0 Å². The van der Waals surface area contributed by atoms with Gasteiger partial charge in [-0.05, 0) is 57.1 Å². The van der Waals surface area contributed by atoms with E-state index < -0.39 is 0 Å². The summed E-state index contributed by atoms with van der Waals surface area (Å²) in [5, 5.41) is 3.72. The molecule has 164 valence electrons. The fraction of sp³-hybridized carbons (Fsp3) is 0.519. The summed E-state index contributed by atoms with van der Waals surface area (Å²) in [6.07, 6.45) is 0. The molecule has 1 unspecified atom stereocenters. The number of anilines is 1. The van der Waals surface area contributed by atoms with Gasteiger partial charge in [0.1, 0.15) is 0 Å². The van der Waals surface area contributed by atoms with Crippen LogP contribution in [0.1, 0.15) is 107 Å². The number of nitrogens with two attached hydrogens (primary N) is 1. The average Bonchev–Trinajstić information content (AvgIpc) is 2.63. The Morgan fingerprint density at radius 3 is 1.90 bits per heavy atom. The Morgan fingerprint density at radius 1 is 0.867 bits per heavy atom. The van der Waals surface area contributed by atoms with Gasteiger partial charge in [0.15, 0.2) is 0 Å². The second-order valence-corrected chi connectivity index (χ2v) is 10.8. The summed E-state index contributed by atoms with van der Waals surface area (Å²) in [5.41, 5.74) is 12.4. The summed E-state index contributed by atoms with van der Waals surface area (Å²) in [6, 6.07) is 12.5. The maximum atomic E-state index is 12.1. The van der Waals surface area contributed by atoms with Crippen LogP contribution in [-0.2, 0) is 10.8 Å². The van der Waals surface area contributed by atoms with E-state index in [4.69, 9.17) is 5.73 Å². The minimum absolute atomic E-state index is 0.0505. The number of benzene rings is 2. The lowest BCUT2D eigenvalue weighted by atomic mass is 9.77. The number of amides is 1. The van der Waals surface area contributed by atoms with Crippen LogP contribution in [0.25, 0.3) is 0 Å². The maximum absolute atomic E-state index is 12.1. The molecule has 2 rings (SSSR count). The molecule has 1 atom stereocenters. The van der Waals surface area contributed by atoms with E-state index in [1.165, 1.54) is 22.4 Å². The number of hydrogen-bond acceptors (Lipinski definition) is 2. The molecule has 2 aromatic carbocycles. The number of rotatable bonds is 6. The standard InChI is InChI=1S/C27H40N2O/c1-17(2)19-12-11-15-22(24(19)27(7,8)9)29-16-18(3)20-13-10-14-21(25(28)30)23(20)26(4,5)6/h10-15,17-18,29H,16H2,1-9H3,(H2,28,30). The van der Waals surface area contributed by atoms with Crippen molar-refractivity contribution in [3.05, 3.63) is 64.2 Å². The molecule has 0 saturated heterocycles. The Kier molecular flexibility index (Phi) is 7.06. The molecule has 0 bridgehead atoms. The molecule has 0 heterocycles. The molecular weight excluding hydrogens is 368 g/mol. The molecule has 0 saturated carbocycles. The van der Waals surface area contributed by atoms with Gasteiger partial charge in [-0.25, -0.2) is 0 Å². The number of carbonyl (C=O) groups is 1. The van der Waals surface area contributed by atoms with E-state index in [0.717, 1.165) is 12.1 Å². The molecular formula is C27H40N2O. The highest BCUT2D eigenvalue weighted by Gasteiger charge is 2.27. The number of hydrogen-bond donors (Lipinski definition) is 2. The van der Waals surface area contributed by atoms with Gasteiger partial charge in [0.2, 0.25) is 5.91 Å². The van der Waals surface area contributed by atoms with Crippen LogP contribution in [0.4, 0.5) is 5.69 Å². The molecule has 1 amide bonds. The summed E-state index contributed by atoms with van der Waals surface area (Å²) in [7, 11) is 0. The van der Waals surface area contributed by atoms with E-state index >= 15 is 0 Å². The normalized spacial score (nSPS) is 13.4. The topological polar surface area (TPSA) is 55.1 Å². The number of nitrogens with one attached hydrogen (secondary N) is 1. The molecule has 0 aliphatic rings. The van der Waals surface area contributed by atoms with Gasteiger partial charge >= 0.3 is 0 Å². The highest BCUT2D eigenvalue weighted by Crippen LogP contribution is 2.37. The minimum Gasteiger partial charge on any atom is -0.384 e. The fourth-order valence-corrected chi connectivity index (χ4v) is 4.43. The summed E-state index contributed by atoms with van der Waals surface area (Å²) < 4.78 is 0. The smallest absolute Gasteiger partial charge is 0.249 e. The quantitative estimate of drug-likeness (QED) is 0.557. The molecule has 0 radical (unpaired) electrons. The van der Waals surface area contributed by atoms with E-state index in [-0.39, 0.29) is 22.7 Å². The first-order chi connectivity index (χ1) is 13.7. The predicted octanol–water partition coefficient (Wildman–Crippen LogP) is 6.72. The Morgan fingerprint density at radius 2 is 1.40 bits per heavy atom. The first-order valence-electron chi connectivity index (χ1n) is 11.1. The van der Waals surface area contributed by atoms with Crippen molar-refractivity contribution in [3.63, 3.8) is 0 Å². The van der Waals surface area contributed by atoms with Crippen molar-refractivity contribution in [2.75, 3.05) is 11.9 Å². The molecule has 0 aromatic heterocycles.